The van der Waals surface area contributed by atoms with Crippen molar-refractivity contribution in [3.63, 3.8) is 0 Å². The van der Waals surface area contributed by atoms with Gasteiger partial charge in [-0.1, -0.05) is 13.8 Å². The summed E-state index contributed by atoms with van der Waals surface area (Å²) in [5, 5.41) is 0. The van der Waals surface area contributed by atoms with Crippen LogP contribution in [-0.4, -0.2) is 42.3 Å². The molecule has 1 heterocycles. The van der Waals surface area contributed by atoms with Gasteiger partial charge in [-0.05, 0) is 39.0 Å². The van der Waals surface area contributed by atoms with E-state index in [4.69, 9.17) is 9.47 Å². The van der Waals surface area contributed by atoms with Crippen molar-refractivity contribution in [2.45, 2.75) is 52.7 Å². The predicted molar refractivity (Wildman–Crippen MR) is 71.7 cm³/mol. The highest BCUT2D eigenvalue weighted by Gasteiger charge is 2.42. The summed E-state index contributed by atoms with van der Waals surface area (Å²) in [5.41, 5.74) is -0.562. The van der Waals surface area contributed by atoms with E-state index in [1.54, 1.807) is 0 Å². The van der Waals surface area contributed by atoms with Crippen LogP contribution in [0.15, 0.2) is 0 Å². The first-order valence-corrected chi connectivity index (χ1v) is 6.73. The lowest BCUT2D eigenvalue weighted by atomic mass is 9.93. The summed E-state index contributed by atoms with van der Waals surface area (Å²) in [7, 11) is 1.35. The van der Waals surface area contributed by atoms with Crippen LogP contribution in [0.4, 0.5) is 4.79 Å². The zero-order chi connectivity index (χ0) is 14.8. The molecular weight excluding hydrogens is 246 g/mol. The SMILES string of the molecule is COC(=O)C1C[C@@H](C(C)C)CN1C(=O)OC(C)(C)C. The van der Waals surface area contributed by atoms with E-state index in [9.17, 15) is 9.59 Å². The molecule has 1 fully saturated rings. The van der Waals surface area contributed by atoms with Gasteiger partial charge < -0.3 is 9.47 Å². The number of esters is 1. The van der Waals surface area contributed by atoms with Crippen LogP contribution < -0.4 is 0 Å². The van der Waals surface area contributed by atoms with Crippen molar-refractivity contribution in [2.75, 3.05) is 13.7 Å². The van der Waals surface area contributed by atoms with Crippen LogP contribution in [0.1, 0.15) is 41.0 Å². The third kappa shape index (κ3) is 4.11. The fourth-order valence-electron chi connectivity index (χ4n) is 2.23. The quantitative estimate of drug-likeness (QED) is 0.724. The van der Waals surface area contributed by atoms with Crippen molar-refractivity contribution in [1.29, 1.82) is 0 Å². The molecule has 2 atom stereocenters. The Labute approximate surface area is 115 Å². The molecule has 0 saturated carbocycles. The van der Waals surface area contributed by atoms with E-state index in [1.165, 1.54) is 12.0 Å². The number of likely N-dealkylation sites (tertiary alicyclic amines) is 1. The number of methoxy groups -OCH3 is 1. The molecule has 0 N–H and O–H groups in total. The summed E-state index contributed by atoms with van der Waals surface area (Å²) in [6.45, 7) is 10.2. The lowest BCUT2D eigenvalue weighted by Crippen LogP contribution is -2.43. The molecule has 0 spiro atoms. The summed E-state index contributed by atoms with van der Waals surface area (Å²) >= 11 is 0. The molecule has 1 rings (SSSR count). The highest BCUT2D eigenvalue weighted by atomic mass is 16.6. The summed E-state index contributed by atoms with van der Waals surface area (Å²) in [6.07, 6.45) is 0.204. The van der Waals surface area contributed by atoms with Crippen LogP contribution in [0.5, 0.6) is 0 Å². The Morgan fingerprint density at radius 1 is 1.26 bits per heavy atom. The Hall–Kier alpha value is -1.26. The largest absolute Gasteiger partial charge is 0.467 e. The third-order valence-corrected chi connectivity index (χ3v) is 3.38. The van der Waals surface area contributed by atoms with E-state index in [0.29, 0.717) is 24.8 Å². The van der Waals surface area contributed by atoms with E-state index < -0.39 is 17.7 Å². The molecule has 110 valence electrons. The van der Waals surface area contributed by atoms with E-state index in [1.807, 2.05) is 20.8 Å². The van der Waals surface area contributed by atoms with Crippen molar-refractivity contribution >= 4 is 12.1 Å². The van der Waals surface area contributed by atoms with Crippen molar-refractivity contribution in [3.05, 3.63) is 0 Å². The van der Waals surface area contributed by atoms with Crippen LogP contribution in [0.2, 0.25) is 0 Å². The van der Waals surface area contributed by atoms with E-state index in [-0.39, 0.29) is 5.97 Å². The molecule has 5 heteroatoms. The summed E-state index contributed by atoms with van der Waals surface area (Å²) in [5.74, 6) is 0.352. The average molecular weight is 271 g/mol. The second kappa shape index (κ2) is 5.80. The highest BCUT2D eigenvalue weighted by Crippen LogP contribution is 2.30. The van der Waals surface area contributed by atoms with Gasteiger partial charge in [-0.25, -0.2) is 9.59 Å². The van der Waals surface area contributed by atoms with Crippen LogP contribution >= 0.6 is 0 Å². The predicted octanol–water partition coefficient (Wildman–Crippen LogP) is 2.44. The molecule has 0 bridgehead atoms. The molecule has 1 unspecified atom stereocenters. The second-order valence-electron chi connectivity index (χ2n) is 6.41. The molecule has 19 heavy (non-hydrogen) atoms. The minimum absolute atomic E-state index is 0.302. The van der Waals surface area contributed by atoms with Gasteiger partial charge in [0.1, 0.15) is 11.6 Å². The molecule has 1 saturated heterocycles. The van der Waals surface area contributed by atoms with Crippen LogP contribution in [0, 0.1) is 11.8 Å². The number of carbonyl (C=O) groups is 2. The molecule has 5 nitrogen and oxygen atoms in total. The number of carbonyl (C=O) groups excluding carboxylic acids is 2. The number of nitrogens with zero attached hydrogens (tertiary/aromatic N) is 1. The van der Waals surface area contributed by atoms with Gasteiger partial charge in [-0.15, -0.1) is 0 Å². The normalized spacial score (nSPS) is 23.6. The molecule has 1 aliphatic rings. The van der Waals surface area contributed by atoms with Crippen LogP contribution in [0.3, 0.4) is 0 Å². The number of amides is 1. The van der Waals surface area contributed by atoms with Gasteiger partial charge in [0.2, 0.25) is 0 Å². The Morgan fingerprint density at radius 3 is 2.26 bits per heavy atom. The maximum Gasteiger partial charge on any atom is 0.411 e. The van der Waals surface area contributed by atoms with E-state index in [2.05, 4.69) is 13.8 Å². The van der Waals surface area contributed by atoms with Crippen molar-refractivity contribution in [3.8, 4) is 0 Å². The standard InChI is InChI=1S/C14H25NO4/c1-9(2)10-7-11(12(16)18-6)15(8-10)13(17)19-14(3,4)5/h9-11H,7-8H2,1-6H3/t10-,11?/m1/s1. The molecule has 0 aromatic carbocycles. The molecule has 0 aromatic heterocycles. The van der Waals surface area contributed by atoms with Gasteiger partial charge in [0, 0.05) is 6.54 Å². The topological polar surface area (TPSA) is 55.8 Å². The molecule has 1 amide bonds. The fraction of sp³-hybridized carbons (Fsp3) is 0.857. The van der Waals surface area contributed by atoms with Crippen molar-refractivity contribution < 1.29 is 19.1 Å². The lowest BCUT2D eigenvalue weighted by molar-refractivity contribution is -0.145. The minimum Gasteiger partial charge on any atom is -0.467 e. The van der Waals surface area contributed by atoms with Gasteiger partial charge in [0.15, 0.2) is 0 Å². The lowest BCUT2D eigenvalue weighted by Gasteiger charge is -2.27. The van der Waals surface area contributed by atoms with Gasteiger partial charge in [0.25, 0.3) is 0 Å². The summed E-state index contributed by atoms with van der Waals surface area (Å²) < 4.78 is 10.1. The Balaban J connectivity index is 2.83. The fourth-order valence-corrected chi connectivity index (χ4v) is 2.23. The Morgan fingerprint density at radius 2 is 1.84 bits per heavy atom. The molecule has 0 aliphatic carbocycles. The maximum atomic E-state index is 12.2. The number of ether oxygens (including phenoxy) is 2. The average Bonchev–Trinajstić information content (AvgIpc) is 2.70. The zero-order valence-corrected chi connectivity index (χ0v) is 12.7. The summed E-state index contributed by atoms with van der Waals surface area (Å²) in [6, 6.07) is -0.521. The smallest absolute Gasteiger partial charge is 0.411 e. The third-order valence-electron chi connectivity index (χ3n) is 3.38. The van der Waals surface area contributed by atoms with Crippen LogP contribution in [0.25, 0.3) is 0 Å². The first-order chi connectivity index (χ1) is 8.65. The maximum absolute atomic E-state index is 12.2. The van der Waals surface area contributed by atoms with Crippen molar-refractivity contribution in [2.24, 2.45) is 11.8 Å². The number of hydrogen-bond acceptors (Lipinski definition) is 4. The first-order valence-electron chi connectivity index (χ1n) is 6.73. The van der Waals surface area contributed by atoms with Gasteiger partial charge >= 0.3 is 12.1 Å². The van der Waals surface area contributed by atoms with Gasteiger partial charge in [0.05, 0.1) is 7.11 Å². The Kier molecular flexibility index (Phi) is 4.82. The van der Waals surface area contributed by atoms with Crippen LogP contribution in [-0.2, 0) is 14.3 Å². The molecule has 0 aromatic rings. The van der Waals surface area contributed by atoms with E-state index >= 15 is 0 Å². The minimum atomic E-state index is -0.562. The van der Waals surface area contributed by atoms with Gasteiger partial charge in [-0.3, -0.25) is 4.90 Å². The Bertz CT molecular complexity index is 346. The summed E-state index contributed by atoms with van der Waals surface area (Å²) in [4.78, 5) is 25.4. The number of hydrogen-bond donors (Lipinski definition) is 0. The zero-order valence-electron chi connectivity index (χ0n) is 12.7. The molecular formula is C14H25NO4. The number of rotatable bonds is 2. The monoisotopic (exact) mass is 271 g/mol. The van der Waals surface area contributed by atoms with E-state index in [0.717, 1.165) is 0 Å². The highest BCUT2D eigenvalue weighted by molar-refractivity contribution is 5.82. The first kappa shape index (κ1) is 15.8. The molecule has 1 aliphatic heterocycles. The van der Waals surface area contributed by atoms with Gasteiger partial charge in [-0.2, -0.15) is 0 Å². The molecule has 0 radical (unpaired) electrons. The van der Waals surface area contributed by atoms with Crippen molar-refractivity contribution in [1.82, 2.24) is 4.90 Å². The second-order valence-corrected chi connectivity index (χ2v) is 6.41.